The molecule has 3 rings (SSSR count). The molecule has 16 heavy (non-hydrogen) atoms. The quantitative estimate of drug-likeness (QED) is 0.584. The van der Waals surface area contributed by atoms with Gasteiger partial charge in [-0.1, -0.05) is 12.1 Å². The number of nitro groups is 1. The number of carbonyl (C=O) groups is 1. The van der Waals surface area contributed by atoms with E-state index < -0.39 is 4.92 Å². The summed E-state index contributed by atoms with van der Waals surface area (Å²) in [6.07, 6.45) is 0. The number of non-ortho nitro benzene ring substituents is 1. The van der Waals surface area contributed by atoms with Crippen LogP contribution < -0.4 is 5.32 Å². The van der Waals surface area contributed by atoms with Crippen LogP contribution >= 0.6 is 0 Å². The number of carbonyl (C=O) groups excluding carboxylic acids is 1. The van der Waals surface area contributed by atoms with E-state index in [2.05, 4.69) is 5.32 Å². The molecule has 0 atom stereocenters. The Morgan fingerprint density at radius 3 is 2.81 bits per heavy atom. The van der Waals surface area contributed by atoms with Gasteiger partial charge in [-0.05, 0) is 11.5 Å². The fourth-order valence-corrected chi connectivity index (χ4v) is 1.99. The molecule has 1 N–H and O–H groups in total. The minimum absolute atomic E-state index is 0.0122. The van der Waals surface area contributed by atoms with Gasteiger partial charge in [0.1, 0.15) is 0 Å². The second kappa shape index (κ2) is 2.79. The molecule has 0 bridgehead atoms. The molecule has 0 fully saturated rings. The first-order chi connectivity index (χ1) is 7.66. The molecule has 0 radical (unpaired) electrons. The van der Waals surface area contributed by atoms with E-state index in [4.69, 9.17) is 0 Å². The summed E-state index contributed by atoms with van der Waals surface area (Å²) in [5, 5.41) is 14.8. The summed E-state index contributed by atoms with van der Waals surface area (Å²) in [7, 11) is 0. The highest BCUT2D eigenvalue weighted by Gasteiger charge is 2.23. The smallest absolute Gasteiger partial charge is 0.272 e. The van der Waals surface area contributed by atoms with Gasteiger partial charge in [0.05, 0.1) is 10.6 Å². The monoisotopic (exact) mass is 214 g/mol. The standard InChI is InChI=1S/C11H6N2O3/c14-11-8-3-1-2-6-4-7(13(15)16)5-9(12-11)10(6)8/h1-5H,(H,12,14). The van der Waals surface area contributed by atoms with E-state index in [0.717, 1.165) is 5.39 Å². The summed E-state index contributed by atoms with van der Waals surface area (Å²) in [4.78, 5) is 21.8. The van der Waals surface area contributed by atoms with Gasteiger partial charge in [0.25, 0.3) is 11.6 Å². The van der Waals surface area contributed by atoms with E-state index in [1.165, 1.54) is 12.1 Å². The molecule has 1 amide bonds. The highest BCUT2D eigenvalue weighted by molar-refractivity contribution is 6.24. The molecule has 0 saturated heterocycles. The van der Waals surface area contributed by atoms with Crippen LogP contribution in [0.1, 0.15) is 10.4 Å². The molecule has 5 heteroatoms. The van der Waals surface area contributed by atoms with Crippen LogP contribution in [0.2, 0.25) is 0 Å². The van der Waals surface area contributed by atoms with Crippen LogP contribution in [0, 0.1) is 10.1 Å². The van der Waals surface area contributed by atoms with Crippen molar-refractivity contribution in [3.63, 3.8) is 0 Å². The molecule has 1 heterocycles. The van der Waals surface area contributed by atoms with Crippen molar-refractivity contribution in [3.05, 3.63) is 46.0 Å². The number of hydrogen-bond acceptors (Lipinski definition) is 3. The average Bonchev–Trinajstić information content (AvgIpc) is 2.58. The molecular formula is C11H6N2O3. The Kier molecular flexibility index (Phi) is 1.54. The molecule has 0 unspecified atom stereocenters. The minimum atomic E-state index is -0.465. The van der Waals surface area contributed by atoms with Gasteiger partial charge in [0.15, 0.2) is 0 Å². The molecule has 2 aromatic rings. The van der Waals surface area contributed by atoms with E-state index in [9.17, 15) is 14.9 Å². The average molecular weight is 214 g/mol. The summed E-state index contributed by atoms with van der Waals surface area (Å²) in [6.45, 7) is 0. The fourth-order valence-electron chi connectivity index (χ4n) is 1.99. The minimum Gasteiger partial charge on any atom is -0.321 e. The zero-order valence-corrected chi connectivity index (χ0v) is 8.06. The largest absolute Gasteiger partial charge is 0.321 e. The first-order valence-corrected chi connectivity index (χ1v) is 4.69. The van der Waals surface area contributed by atoms with Crippen LogP contribution in [0.25, 0.3) is 10.8 Å². The summed E-state index contributed by atoms with van der Waals surface area (Å²) >= 11 is 0. The SMILES string of the molecule is O=C1Nc2cc([N+](=O)[O-])cc3cccc1c23. The second-order valence-corrected chi connectivity index (χ2v) is 3.61. The first kappa shape index (κ1) is 8.84. The maximum Gasteiger partial charge on any atom is 0.272 e. The van der Waals surface area contributed by atoms with Crippen molar-refractivity contribution in [1.82, 2.24) is 0 Å². The molecule has 0 aliphatic carbocycles. The van der Waals surface area contributed by atoms with E-state index in [1.54, 1.807) is 18.2 Å². The topological polar surface area (TPSA) is 72.2 Å². The lowest BCUT2D eigenvalue weighted by Gasteiger charge is -1.99. The molecule has 0 spiro atoms. The predicted octanol–water partition coefficient (Wildman–Crippen LogP) is 2.31. The number of amides is 1. The molecular weight excluding hydrogens is 208 g/mol. The molecule has 0 aromatic heterocycles. The van der Waals surface area contributed by atoms with E-state index in [1.807, 2.05) is 0 Å². The number of rotatable bonds is 1. The molecule has 0 saturated carbocycles. The van der Waals surface area contributed by atoms with E-state index >= 15 is 0 Å². The van der Waals surface area contributed by atoms with Gasteiger partial charge < -0.3 is 5.32 Å². The van der Waals surface area contributed by atoms with Crippen molar-refractivity contribution in [1.29, 1.82) is 0 Å². The third kappa shape index (κ3) is 1.02. The number of benzene rings is 2. The Hall–Kier alpha value is -2.43. The first-order valence-electron chi connectivity index (χ1n) is 4.69. The Labute approximate surface area is 89.8 Å². The number of hydrogen-bond donors (Lipinski definition) is 1. The van der Waals surface area contributed by atoms with Gasteiger partial charge >= 0.3 is 0 Å². The molecule has 2 aromatic carbocycles. The van der Waals surface area contributed by atoms with E-state index in [0.29, 0.717) is 16.6 Å². The van der Waals surface area contributed by atoms with Crippen molar-refractivity contribution in [2.45, 2.75) is 0 Å². The van der Waals surface area contributed by atoms with Crippen LogP contribution in [-0.2, 0) is 0 Å². The summed E-state index contributed by atoms with van der Waals surface area (Å²) in [5.74, 6) is -0.207. The van der Waals surface area contributed by atoms with Crippen LogP contribution in [0.4, 0.5) is 11.4 Å². The third-order valence-corrected chi connectivity index (χ3v) is 2.67. The lowest BCUT2D eigenvalue weighted by atomic mass is 10.0. The van der Waals surface area contributed by atoms with Crippen molar-refractivity contribution in [2.24, 2.45) is 0 Å². The van der Waals surface area contributed by atoms with Crippen molar-refractivity contribution >= 4 is 28.1 Å². The molecule has 78 valence electrons. The van der Waals surface area contributed by atoms with Crippen molar-refractivity contribution in [2.75, 3.05) is 5.32 Å². The third-order valence-electron chi connectivity index (χ3n) is 2.67. The zero-order chi connectivity index (χ0) is 11.3. The van der Waals surface area contributed by atoms with Crippen LogP contribution in [0.5, 0.6) is 0 Å². The maximum atomic E-state index is 11.5. The summed E-state index contributed by atoms with van der Waals surface area (Å²) in [5.41, 5.74) is 1.08. The molecule has 1 aliphatic heterocycles. The highest BCUT2D eigenvalue weighted by atomic mass is 16.6. The summed E-state index contributed by atoms with van der Waals surface area (Å²) < 4.78 is 0. The van der Waals surface area contributed by atoms with Crippen LogP contribution in [0.15, 0.2) is 30.3 Å². The van der Waals surface area contributed by atoms with Gasteiger partial charge in [0, 0.05) is 23.1 Å². The summed E-state index contributed by atoms with van der Waals surface area (Å²) in [6, 6.07) is 8.05. The molecule has 1 aliphatic rings. The second-order valence-electron chi connectivity index (χ2n) is 3.61. The number of nitrogens with one attached hydrogen (secondary N) is 1. The number of nitro benzene ring substituents is 1. The van der Waals surface area contributed by atoms with Gasteiger partial charge in [0.2, 0.25) is 0 Å². The van der Waals surface area contributed by atoms with Crippen molar-refractivity contribution < 1.29 is 9.72 Å². The Morgan fingerprint density at radius 2 is 2.06 bits per heavy atom. The normalized spacial score (nSPS) is 12.9. The van der Waals surface area contributed by atoms with Gasteiger partial charge in [-0.2, -0.15) is 0 Å². The van der Waals surface area contributed by atoms with E-state index in [-0.39, 0.29) is 11.6 Å². The predicted molar refractivity (Wildman–Crippen MR) is 58.6 cm³/mol. The Bertz CT molecular complexity index is 649. The van der Waals surface area contributed by atoms with Crippen LogP contribution in [0.3, 0.4) is 0 Å². The number of nitrogens with zero attached hydrogens (tertiary/aromatic N) is 1. The Morgan fingerprint density at radius 1 is 1.25 bits per heavy atom. The Balaban J connectivity index is 2.43. The van der Waals surface area contributed by atoms with Gasteiger partial charge in [-0.25, -0.2) is 0 Å². The lowest BCUT2D eigenvalue weighted by Crippen LogP contribution is -2.03. The van der Waals surface area contributed by atoms with Crippen LogP contribution in [-0.4, -0.2) is 10.8 Å². The number of anilines is 1. The van der Waals surface area contributed by atoms with Crippen molar-refractivity contribution in [3.8, 4) is 0 Å². The molecule has 5 nitrogen and oxygen atoms in total. The zero-order valence-electron chi connectivity index (χ0n) is 8.06. The lowest BCUT2D eigenvalue weighted by molar-refractivity contribution is -0.384. The van der Waals surface area contributed by atoms with Gasteiger partial charge in [-0.15, -0.1) is 0 Å². The van der Waals surface area contributed by atoms with Gasteiger partial charge in [-0.3, -0.25) is 14.9 Å². The fraction of sp³-hybridized carbons (Fsp3) is 0. The highest BCUT2D eigenvalue weighted by Crippen LogP contribution is 2.36. The maximum absolute atomic E-state index is 11.5.